The zero-order chi connectivity index (χ0) is 21.8. The van der Waals surface area contributed by atoms with Gasteiger partial charge in [-0.2, -0.15) is 0 Å². The van der Waals surface area contributed by atoms with E-state index in [-0.39, 0.29) is 18.3 Å². The van der Waals surface area contributed by atoms with Gasteiger partial charge in [-0.15, -0.1) is 11.3 Å². The molecule has 0 radical (unpaired) electrons. The van der Waals surface area contributed by atoms with Crippen LogP contribution in [0.2, 0.25) is 0 Å². The number of ether oxygens (including phenoxy) is 1. The Balaban J connectivity index is 1.56. The van der Waals surface area contributed by atoms with Crippen LogP contribution >= 0.6 is 11.3 Å². The van der Waals surface area contributed by atoms with Crippen molar-refractivity contribution in [1.82, 2.24) is 9.97 Å². The van der Waals surface area contributed by atoms with Gasteiger partial charge in [0.2, 0.25) is 5.91 Å². The van der Waals surface area contributed by atoms with Crippen LogP contribution in [0.3, 0.4) is 0 Å². The number of aromatic nitrogens is 2. The zero-order valence-corrected chi connectivity index (χ0v) is 17.9. The van der Waals surface area contributed by atoms with Crippen molar-refractivity contribution in [3.63, 3.8) is 0 Å². The van der Waals surface area contributed by atoms with E-state index in [1.54, 1.807) is 43.5 Å². The topological polar surface area (TPSA) is 67.4 Å². The summed E-state index contributed by atoms with van der Waals surface area (Å²) in [6.07, 6.45) is 1.50. The highest BCUT2D eigenvalue weighted by atomic mass is 32.1. The monoisotopic (exact) mass is 436 g/mol. The second-order valence-corrected chi connectivity index (χ2v) is 7.87. The first-order valence-electron chi connectivity index (χ1n) is 9.76. The lowest BCUT2D eigenvalue weighted by Crippen LogP contribution is -2.33. The summed E-state index contributed by atoms with van der Waals surface area (Å²) in [5.74, 6) is 1.02. The fourth-order valence-electron chi connectivity index (χ4n) is 3.21. The zero-order valence-electron chi connectivity index (χ0n) is 17.1. The molecule has 8 heteroatoms. The summed E-state index contributed by atoms with van der Waals surface area (Å²) in [6, 6.07) is 15.5. The summed E-state index contributed by atoms with van der Waals surface area (Å²) in [6.45, 7) is 2.73. The molecule has 31 heavy (non-hydrogen) atoms. The van der Waals surface area contributed by atoms with Crippen molar-refractivity contribution < 1.29 is 13.9 Å². The van der Waals surface area contributed by atoms with Crippen molar-refractivity contribution in [1.29, 1.82) is 0 Å². The molecule has 0 spiro atoms. The van der Waals surface area contributed by atoms with Gasteiger partial charge in [-0.25, -0.2) is 14.4 Å². The van der Waals surface area contributed by atoms with Crippen molar-refractivity contribution in [3.8, 4) is 16.2 Å². The summed E-state index contributed by atoms with van der Waals surface area (Å²) in [5, 5.41) is 2.90. The molecule has 0 fully saturated rings. The van der Waals surface area contributed by atoms with E-state index in [9.17, 15) is 9.18 Å². The number of anilines is 2. The maximum atomic E-state index is 13.3. The highest BCUT2D eigenvalue weighted by Gasteiger charge is 2.17. The van der Waals surface area contributed by atoms with Crippen LogP contribution < -0.4 is 15.0 Å². The van der Waals surface area contributed by atoms with Crippen LogP contribution in [-0.4, -0.2) is 36.1 Å². The van der Waals surface area contributed by atoms with Gasteiger partial charge in [0.25, 0.3) is 0 Å². The molecule has 0 saturated heterocycles. The largest absolute Gasteiger partial charge is 0.497 e. The van der Waals surface area contributed by atoms with Gasteiger partial charge in [-0.3, -0.25) is 4.79 Å². The Morgan fingerprint density at radius 3 is 2.55 bits per heavy atom. The number of carbonyl (C=O) groups is 1. The number of likely N-dealkylation sites (N-methyl/N-ethyl adjacent to an activating group) is 1. The molecule has 4 rings (SSSR count). The second kappa shape index (κ2) is 9.09. The molecular formula is C23H21FN4O2S. The SMILES string of the molecule is CCN(CC(=O)Nc1ccc(OC)cc1)c1ncnc2cc(-c3ccc(F)cc3)sc12. The Labute approximate surface area is 183 Å². The molecule has 0 atom stereocenters. The van der Waals surface area contributed by atoms with Crippen LogP contribution in [0, 0.1) is 5.82 Å². The summed E-state index contributed by atoms with van der Waals surface area (Å²) >= 11 is 1.53. The fraction of sp³-hybridized carbons (Fsp3) is 0.174. The molecule has 1 amide bonds. The molecule has 2 heterocycles. The third-order valence-corrected chi connectivity index (χ3v) is 5.98. The Morgan fingerprint density at radius 1 is 1.13 bits per heavy atom. The Morgan fingerprint density at radius 2 is 1.87 bits per heavy atom. The molecule has 2 aromatic heterocycles. The summed E-state index contributed by atoms with van der Waals surface area (Å²) < 4.78 is 19.3. The number of benzene rings is 2. The van der Waals surface area contributed by atoms with Crippen molar-refractivity contribution in [2.75, 3.05) is 30.4 Å². The molecule has 4 aromatic rings. The fourth-order valence-corrected chi connectivity index (χ4v) is 4.34. The van der Waals surface area contributed by atoms with Gasteiger partial charge in [0.05, 0.1) is 23.9 Å². The number of fused-ring (bicyclic) bond motifs is 1. The highest BCUT2D eigenvalue weighted by molar-refractivity contribution is 7.22. The van der Waals surface area contributed by atoms with Gasteiger partial charge in [-0.05, 0) is 55.0 Å². The normalized spacial score (nSPS) is 10.8. The summed E-state index contributed by atoms with van der Waals surface area (Å²) in [7, 11) is 1.60. The van der Waals surface area contributed by atoms with E-state index in [1.165, 1.54) is 29.8 Å². The number of halogens is 1. The number of thiophene rings is 1. The van der Waals surface area contributed by atoms with Gasteiger partial charge in [0, 0.05) is 17.1 Å². The minimum Gasteiger partial charge on any atom is -0.497 e. The van der Waals surface area contributed by atoms with Crippen molar-refractivity contribution in [2.45, 2.75) is 6.92 Å². The minimum absolute atomic E-state index is 0.144. The predicted octanol–water partition coefficient (Wildman–Crippen LogP) is 4.97. The number of carbonyl (C=O) groups excluding carboxylic acids is 1. The third kappa shape index (κ3) is 4.64. The summed E-state index contributed by atoms with van der Waals surface area (Å²) in [4.78, 5) is 24.3. The van der Waals surface area contributed by atoms with E-state index >= 15 is 0 Å². The molecule has 0 unspecified atom stereocenters. The van der Waals surface area contributed by atoms with E-state index in [2.05, 4.69) is 15.3 Å². The molecular weight excluding hydrogens is 415 g/mol. The number of hydrogen-bond acceptors (Lipinski definition) is 6. The lowest BCUT2D eigenvalue weighted by Gasteiger charge is -2.21. The molecule has 0 aliphatic carbocycles. The average molecular weight is 437 g/mol. The lowest BCUT2D eigenvalue weighted by molar-refractivity contribution is -0.115. The average Bonchev–Trinajstić information content (AvgIpc) is 3.23. The number of methoxy groups -OCH3 is 1. The quantitative estimate of drug-likeness (QED) is 0.443. The molecule has 0 bridgehead atoms. The molecule has 1 N–H and O–H groups in total. The number of rotatable bonds is 7. The van der Waals surface area contributed by atoms with Crippen molar-refractivity contribution >= 4 is 39.0 Å². The Kier molecular flexibility index (Phi) is 6.08. The van der Waals surface area contributed by atoms with Crippen LogP contribution in [0.15, 0.2) is 60.9 Å². The van der Waals surface area contributed by atoms with Crippen LogP contribution in [0.5, 0.6) is 5.75 Å². The smallest absolute Gasteiger partial charge is 0.243 e. The molecule has 6 nitrogen and oxygen atoms in total. The van der Waals surface area contributed by atoms with Gasteiger partial charge >= 0.3 is 0 Å². The highest BCUT2D eigenvalue weighted by Crippen LogP contribution is 2.36. The minimum atomic E-state index is -0.273. The number of nitrogens with zero attached hydrogens (tertiary/aromatic N) is 3. The van der Waals surface area contributed by atoms with E-state index in [0.29, 0.717) is 18.1 Å². The molecule has 0 aliphatic rings. The first-order valence-corrected chi connectivity index (χ1v) is 10.6. The van der Waals surface area contributed by atoms with E-state index < -0.39 is 0 Å². The summed E-state index contributed by atoms with van der Waals surface area (Å²) in [5.41, 5.74) is 2.41. The van der Waals surface area contributed by atoms with Crippen molar-refractivity contribution in [3.05, 3.63) is 66.7 Å². The van der Waals surface area contributed by atoms with Gasteiger partial charge in [-0.1, -0.05) is 12.1 Å². The van der Waals surface area contributed by atoms with E-state index in [4.69, 9.17) is 4.74 Å². The first kappa shape index (κ1) is 20.7. The molecule has 0 saturated carbocycles. The Bertz CT molecular complexity index is 1190. The number of nitrogens with one attached hydrogen (secondary N) is 1. The number of hydrogen-bond donors (Lipinski definition) is 1. The standard InChI is InChI=1S/C23H21FN4O2S/c1-3-28(13-21(29)27-17-8-10-18(30-2)11-9-17)23-22-19(25-14-26-23)12-20(31-22)15-4-6-16(24)7-5-15/h4-12,14H,3,13H2,1-2H3,(H,27,29). The molecule has 158 valence electrons. The number of amides is 1. The van der Waals surface area contributed by atoms with Crippen LogP contribution in [0.1, 0.15) is 6.92 Å². The van der Waals surface area contributed by atoms with Crippen molar-refractivity contribution in [2.24, 2.45) is 0 Å². The third-order valence-electron chi connectivity index (χ3n) is 4.81. The first-order chi connectivity index (χ1) is 15.1. The Hall–Kier alpha value is -3.52. The van der Waals surface area contributed by atoms with Crippen LogP contribution in [0.4, 0.5) is 15.9 Å². The predicted molar refractivity (Wildman–Crippen MR) is 122 cm³/mol. The van der Waals surface area contributed by atoms with Crippen LogP contribution in [-0.2, 0) is 4.79 Å². The maximum absolute atomic E-state index is 13.3. The lowest BCUT2D eigenvalue weighted by atomic mass is 10.2. The van der Waals surface area contributed by atoms with Gasteiger partial charge in [0.1, 0.15) is 17.9 Å². The van der Waals surface area contributed by atoms with Gasteiger partial charge in [0.15, 0.2) is 5.82 Å². The van der Waals surface area contributed by atoms with Gasteiger partial charge < -0.3 is 15.0 Å². The molecule has 2 aromatic carbocycles. The second-order valence-electron chi connectivity index (χ2n) is 6.82. The molecule has 0 aliphatic heterocycles. The van der Waals surface area contributed by atoms with Crippen LogP contribution in [0.25, 0.3) is 20.7 Å². The maximum Gasteiger partial charge on any atom is 0.243 e. The van der Waals surface area contributed by atoms with E-state index in [1.807, 2.05) is 17.9 Å². The van der Waals surface area contributed by atoms with E-state index in [0.717, 1.165) is 26.4 Å².